The first-order chi connectivity index (χ1) is 10.6. The number of carbonyl (C=O) groups excluding carboxylic acids is 2. The minimum atomic E-state index is -0.789. The Morgan fingerprint density at radius 1 is 1.05 bits per heavy atom. The Morgan fingerprint density at radius 3 is 2.41 bits per heavy atom. The molecule has 1 unspecified atom stereocenters. The smallest absolute Gasteiger partial charge is 0.257 e. The quantitative estimate of drug-likeness (QED) is 0.802. The molecule has 0 N–H and O–H groups in total. The number of nitrogens with zero attached hydrogens (tertiary/aromatic N) is 2. The van der Waals surface area contributed by atoms with Crippen LogP contribution in [0.5, 0.6) is 5.75 Å². The van der Waals surface area contributed by atoms with E-state index in [2.05, 4.69) is 0 Å². The number of pyridine rings is 1. The molecule has 0 spiro atoms. The molecule has 6 heteroatoms. The molecule has 0 bridgehead atoms. The number of amides is 2. The molecule has 1 aliphatic rings. The van der Waals surface area contributed by atoms with E-state index >= 15 is 0 Å². The van der Waals surface area contributed by atoms with E-state index in [4.69, 9.17) is 4.74 Å². The first-order valence-electron chi connectivity index (χ1n) is 6.80. The van der Waals surface area contributed by atoms with Crippen LogP contribution in [0.25, 0.3) is 0 Å². The molecule has 0 saturated carbocycles. The minimum Gasteiger partial charge on any atom is -0.497 e. The van der Waals surface area contributed by atoms with Crippen molar-refractivity contribution in [3.05, 3.63) is 59.0 Å². The van der Waals surface area contributed by atoms with Crippen molar-refractivity contribution in [3.63, 3.8) is 0 Å². The van der Waals surface area contributed by atoms with E-state index in [9.17, 15) is 14.4 Å². The Bertz CT molecular complexity index is 779. The predicted octanol–water partition coefficient (Wildman–Crippen LogP) is 1.36. The number of anilines is 1. The van der Waals surface area contributed by atoms with Gasteiger partial charge in [-0.1, -0.05) is 6.07 Å². The number of aromatic nitrogens is 1. The number of imide groups is 1. The van der Waals surface area contributed by atoms with E-state index in [1.165, 1.54) is 16.8 Å². The Labute approximate surface area is 126 Å². The summed E-state index contributed by atoms with van der Waals surface area (Å²) in [5, 5.41) is 0. The van der Waals surface area contributed by atoms with Crippen LogP contribution < -0.4 is 15.2 Å². The SMILES string of the molecule is COc1ccc(N2C(=O)CC(n3ccccc3=O)C2=O)cc1. The van der Waals surface area contributed by atoms with Crippen molar-refractivity contribution in [2.24, 2.45) is 0 Å². The standard InChI is InChI=1S/C16H14N2O4/c1-22-12-7-5-11(6-8-12)18-15(20)10-13(16(18)21)17-9-3-2-4-14(17)19/h2-9,13H,10H2,1H3. The number of rotatable bonds is 3. The molecule has 2 aromatic rings. The molecule has 1 atom stereocenters. The van der Waals surface area contributed by atoms with E-state index in [0.29, 0.717) is 11.4 Å². The zero-order valence-electron chi connectivity index (χ0n) is 11.9. The maximum absolute atomic E-state index is 12.5. The Kier molecular flexibility index (Phi) is 3.50. The predicted molar refractivity (Wildman–Crippen MR) is 79.8 cm³/mol. The maximum atomic E-state index is 12.5. The highest BCUT2D eigenvalue weighted by atomic mass is 16.5. The average Bonchev–Trinajstić information content (AvgIpc) is 2.83. The molecule has 0 radical (unpaired) electrons. The van der Waals surface area contributed by atoms with Crippen molar-refractivity contribution >= 4 is 17.5 Å². The van der Waals surface area contributed by atoms with E-state index in [0.717, 1.165) is 4.90 Å². The molecule has 2 amide bonds. The lowest BCUT2D eigenvalue weighted by molar-refractivity contribution is -0.122. The molecule has 1 aromatic carbocycles. The van der Waals surface area contributed by atoms with Crippen molar-refractivity contribution < 1.29 is 14.3 Å². The lowest BCUT2D eigenvalue weighted by atomic mass is 10.2. The molecule has 6 nitrogen and oxygen atoms in total. The molecular formula is C16H14N2O4. The number of hydrogen-bond donors (Lipinski definition) is 0. The van der Waals surface area contributed by atoms with Crippen molar-refractivity contribution in [3.8, 4) is 5.75 Å². The number of methoxy groups -OCH3 is 1. The first kappa shape index (κ1) is 14.1. The van der Waals surface area contributed by atoms with Gasteiger partial charge in [-0.25, -0.2) is 4.90 Å². The molecule has 1 aliphatic heterocycles. The van der Waals surface area contributed by atoms with Crippen LogP contribution in [-0.4, -0.2) is 23.5 Å². The van der Waals surface area contributed by atoms with Crippen LogP contribution in [0.1, 0.15) is 12.5 Å². The lowest BCUT2D eigenvalue weighted by Crippen LogP contribution is -2.33. The molecule has 3 rings (SSSR count). The van der Waals surface area contributed by atoms with Gasteiger partial charge in [-0.15, -0.1) is 0 Å². The third kappa shape index (κ3) is 2.28. The average molecular weight is 298 g/mol. The van der Waals surface area contributed by atoms with Crippen LogP contribution >= 0.6 is 0 Å². The Balaban J connectivity index is 1.94. The number of carbonyl (C=O) groups is 2. The summed E-state index contributed by atoms with van der Waals surface area (Å²) in [4.78, 5) is 37.7. The molecule has 2 heterocycles. The molecule has 112 valence electrons. The van der Waals surface area contributed by atoms with Crippen molar-refractivity contribution in [1.82, 2.24) is 4.57 Å². The second kappa shape index (κ2) is 5.48. The second-order valence-corrected chi connectivity index (χ2v) is 4.93. The zero-order valence-corrected chi connectivity index (χ0v) is 11.9. The van der Waals surface area contributed by atoms with Crippen LogP contribution in [0.15, 0.2) is 53.5 Å². The summed E-state index contributed by atoms with van der Waals surface area (Å²) >= 11 is 0. The largest absolute Gasteiger partial charge is 0.497 e. The normalized spacial score (nSPS) is 17.9. The topological polar surface area (TPSA) is 68.6 Å². The van der Waals surface area contributed by atoms with Crippen LogP contribution in [0.3, 0.4) is 0 Å². The maximum Gasteiger partial charge on any atom is 0.257 e. The van der Waals surface area contributed by atoms with Gasteiger partial charge in [0.2, 0.25) is 5.91 Å². The summed E-state index contributed by atoms with van der Waals surface area (Å²) in [6, 6.07) is 10.5. The van der Waals surface area contributed by atoms with Crippen LogP contribution in [0.2, 0.25) is 0 Å². The highest BCUT2D eigenvalue weighted by Gasteiger charge is 2.40. The fraction of sp³-hybridized carbons (Fsp3) is 0.188. The summed E-state index contributed by atoms with van der Waals surface area (Å²) in [5.41, 5.74) is 0.174. The second-order valence-electron chi connectivity index (χ2n) is 4.93. The van der Waals surface area contributed by atoms with Gasteiger partial charge in [-0.3, -0.25) is 14.4 Å². The van der Waals surface area contributed by atoms with Gasteiger partial charge in [0.15, 0.2) is 0 Å². The third-order valence-corrected chi connectivity index (χ3v) is 3.64. The van der Waals surface area contributed by atoms with Gasteiger partial charge in [-0.2, -0.15) is 0 Å². The van der Waals surface area contributed by atoms with Gasteiger partial charge in [0.25, 0.3) is 11.5 Å². The molecule has 1 saturated heterocycles. The van der Waals surface area contributed by atoms with Crippen molar-refractivity contribution in [2.75, 3.05) is 12.0 Å². The number of ether oxygens (including phenoxy) is 1. The van der Waals surface area contributed by atoms with Crippen LogP contribution in [0, 0.1) is 0 Å². The van der Waals surface area contributed by atoms with Crippen molar-refractivity contribution in [1.29, 1.82) is 0 Å². The van der Waals surface area contributed by atoms with Crippen LogP contribution in [-0.2, 0) is 9.59 Å². The molecule has 1 fully saturated rings. The summed E-state index contributed by atoms with van der Waals surface area (Å²) < 4.78 is 6.35. The van der Waals surface area contributed by atoms with Gasteiger partial charge in [0.1, 0.15) is 11.8 Å². The minimum absolute atomic E-state index is 0.0191. The fourth-order valence-electron chi connectivity index (χ4n) is 2.53. The highest BCUT2D eigenvalue weighted by molar-refractivity contribution is 6.21. The van der Waals surface area contributed by atoms with E-state index < -0.39 is 11.9 Å². The van der Waals surface area contributed by atoms with E-state index in [1.807, 2.05) is 0 Å². The molecule has 0 aliphatic carbocycles. The van der Waals surface area contributed by atoms with Gasteiger partial charge in [0.05, 0.1) is 19.2 Å². The van der Waals surface area contributed by atoms with E-state index in [1.54, 1.807) is 43.5 Å². The van der Waals surface area contributed by atoms with Gasteiger partial charge >= 0.3 is 0 Å². The summed E-state index contributed by atoms with van der Waals surface area (Å²) in [7, 11) is 1.54. The fourth-order valence-corrected chi connectivity index (χ4v) is 2.53. The van der Waals surface area contributed by atoms with Crippen LogP contribution in [0.4, 0.5) is 5.69 Å². The number of benzene rings is 1. The zero-order chi connectivity index (χ0) is 15.7. The Morgan fingerprint density at radius 2 is 1.77 bits per heavy atom. The first-order valence-corrected chi connectivity index (χ1v) is 6.80. The summed E-state index contributed by atoms with van der Waals surface area (Å²) in [5.74, 6) is -0.0851. The van der Waals surface area contributed by atoms with Crippen molar-refractivity contribution in [2.45, 2.75) is 12.5 Å². The molecule has 1 aromatic heterocycles. The molecule has 22 heavy (non-hydrogen) atoms. The number of hydrogen-bond acceptors (Lipinski definition) is 4. The molecular weight excluding hydrogens is 284 g/mol. The third-order valence-electron chi connectivity index (χ3n) is 3.64. The Hall–Kier alpha value is -2.89. The monoisotopic (exact) mass is 298 g/mol. The van der Waals surface area contributed by atoms with Gasteiger partial charge in [0, 0.05) is 12.3 Å². The van der Waals surface area contributed by atoms with Gasteiger partial charge in [-0.05, 0) is 30.3 Å². The highest BCUT2D eigenvalue weighted by Crippen LogP contribution is 2.29. The van der Waals surface area contributed by atoms with Gasteiger partial charge < -0.3 is 9.30 Å². The lowest BCUT2D eigenvalue weighted by Gasteiger charge is -2.16. The summed E-state index contributed by atoms with van der Waals surface area (Å²) in [6.07, 6.45) is 1.50. The van der Waals surface area contributed by atoms with E-state index in [-0.39, 0.29) is 17.9 Å². The summed E-state index contributed by atoms with van der Waals surface area (Å²) in [6.45, 7) is 0.